The average molecular weight is 475 g/mol. The largest absolute Gasteiger partial charge is 0.431 e. The second-order valence-electron chi connectivity index (χ2n) is 7.93. The summed E-state index contributed by atoms with van der Waals surface area (Å²) in [4.78, 5) is 16.3. The highest BCUT2D eigenvalue weighted by Gasteiger charge is 2.24. The summed E-state index contributed by atoms with van der Waals surface area (Å²) < 4.78 is 56.6. The fourth-order valence-corrected chi connectivity index (χ4v) is 3.29. The van der Waals surface area contributed by atoms with E-state index < -0.39 is 45.7 Å². The molecule has 0 bridgehead atoms. The van der Waals surface area contributed by atoms with Gasteiger partial charge in [0.1, 0.15) is 17.9 Å². The van der Waals surface area contributed by atoms with Gasteiger partial charge in [0, 0.05) is 12.6 Å². The van der Waals surface area contributed by atoms with Crippen LogP contribution in [0.25, 0.3) is 0 Å². The standard InChI is InChI=1S/C20H28F2N4O5S/c1-12(2)4-5-23-10-18(27)16(8-13-6-14(21)9-15(22)7-13)24-19(28)17-11-31-20(25-17)26-32(3,29)30/h6-7,9,11-12,16,18,23,27H,4-5,8,10H2,1-3H3,(H,24,28)(H,25,26)/t16-,18+/m0/s1. The van der Waals surface area contributed by atoms with Gasteiger partial charge < -0.3 is 20.2 Å². The van der Waals surface area contributed by atoms with E-state index in [2.05, 4.69) is 29.5 Å². The highest BCUT2D eigenvalue weighted by atomic mass is 32.2. The van der Waals surface area contributed by atoms with Crippen LogP contribution in [-0.2, 0) is 16.4 Å². The first-order valence-electron chi connectivity index (χ1n) is 10.0. The van der Waals surface area contributed by atoms with Crippen molar-refractivity contribution in [3.05, 3.63) is 47.4 Å². The molecule has 2 aromatic rings. The van der Waals surface area contributed by atoms with Crippen LogP contribution in [0.3, 0.4) is 0 Å². The first-order chi connectivity index (χ1) is 14.9. The molecule has 0 saturated carbocycles. The second-order valence-corrected chi connectivity index (χ2v) is 9.68. The summed E-state index contributed by atoms with van der Waals surface area (Å²) in [5, 5.41) is 16.3. The molecule has 1 heterocycles. The Morgan fingerprint density at radius 2 is 1.88 bits per heavy atom. The van der Waals surface area contributed by atoms with Crippen molar-refractivity contribution in [2.45, 2.75) is 38.8 Å². The van der Waals surface area contributed by atoms with Crippen LogP contribution in [0, 0.1) is 17.6 Å². The third kappa shape index (κ3) is 8.89. The van der Waals surface area contributed by atoms with Gasteiger partial charge in [0.25, 0.3) is 5.91 Å². The number of benzene rings is 1. The Balaban J connectivity index is 2.12. The number of rotatable bonds is 12. The molecule has 12 heteroatoms. The fourth-order valence-electron chi connectivity index (χ4n) is 2.87. The molecule has 2 rings (SSSR count). The molecule has 0 aliphatic carbocycles. The molecule has 1 aromatic heterocycles. The molecule has 4 N–H and O–H groups in total. The smallest absolute Gasteiger partial charge is 0.309 e. The molecule has 178 valence electrons. The molecule has 1 amide bonds. The van der Waals surface area contributed by atoms with Gasteiger partial charge in [-0.15, -0.1) is 0 Å². The van der Waals surface area contributed by atoms with E-state index in [0.717, 1.165) is 37.1 Å². The van der Waals surface area contributed by atoms with E-state index in [-0.39, 0.29) is 24.2 Å². The number of aliphatic hydroxyl groups is 1. The molecular formula is C20H28F2N4O5S. The number of hydrogen-bond donors (Lipinski definition) is 4. The van der Waals surface area contributed by atoms with Crippen LogP contribution in [0.4, 0.5) is 14.8 Å². The quantitative estimate of drug-likeness (QED) is 0.344. The summed E-state index contributed by atoms with van der Waals surface area (Å²) in [6.45, 7) is 4.90. The Bertz CT molecular complexity index is 993. The molecular weight excluding hydrogens is 446 g/mol. The zero-order chi connectivity index (χ0) is 23.9. The molecule has 1 aromatic carbocycles. The van der Waals surface area contributed by atoms with Gasteiger partial charge in [-0.3, -0.25) is 4.79 Å². The van der Waals surface area contributed by atoms with E-state index in [1.54, 1.807) is 0 Å². The number of sulfonamides is 1. The van der Waals surface area contributed by atoms with Crippen molar-refractivity contribution in [1.82, 2.24) is 15.6 Å². The van der Waals surface area contributed by atoms with Gasteiger partial charge in [0.2, 0.25) is 10.0 Å². The Labute approximate surface area is 185 Å². The van der Waals surface area contributed by atoms with Gasteiger partial charge in [-0.05, 0) is 43.0 Å². The number of aromatic nitrogens is 1. The van der Waals surface area contributed by atoms with Gasteiger partial charge in [-0.1, -0.05) is 13.8 Å². The number of carbonyl (C=O) groups excluding carboxylic acids is 1. The van der Waals surface area contributed by atoms with Gasteiger partial charge in [0.15, 0.2) is 5.69 Å². The molecule has 0 spiro atoms. The number of amides is 1. The molecule has 2 atom stereocenters. The van der Waals surface area contributed by atoms with Crippen molar-refractivity contribution in [2.24, 2.45) is 5.92 Å². The zero-order valence-electron chi connectivity index (χ0n) is 18.1. The highest BCUT2D eigenvalue weighted by molar-refractivity contribution is 7.91. The highest BCUT2D eigenvalue weighted by Crippen LogP contribution is 2.14. The van der Waals surface area contributed by atoms with Crippen molar-refractivity contribution in [2.75, 3.05) is 24.1 Å². The van der Waals surface area contributed by atoms with Gasteiger partial charge in [-0.25, -0.2) is 21.9 Å². The molecule has 0 aliphatic heterocycles. The summed E-state index contributed by atoms with van der Waals surface area (Å²) in [6.07, 6.45) is 1.59. The fraction of sp³-hybridized carbons (Fsp3) is 0.500. The molecule has 0 fully saturated rings. The van der Waals surface area contributed by atoms with E-state index in [1.165, 1.54) is 0 Å². The maximum absolute atomic E-state index is 13.6. The van der Waals surface area contributed by atoms with Crippen molar-refractivity contribution in [3.8, 4) is 0 Å². The lowest BCUT2D eigenvalue weighted by Crippen LogP contribution is -2.49. The van der Waals surface area contributed by atoms with Gasteiger partial charge >= 0.3 is 6.01 Å². The minimum Gasteiger partial charge on any atom is -0.431 e. The van der Waals surface area contributed by atoms with E-state index in [0.29, 0.717) is 12.5 Å². The van der Waals surface area contributed by atoms with E-state index in [1.807, 2.05) is 4.72 Å². The van der Waals surface area contributed by atoms with Crippen LogP contribution in [0.2, 0.25) is 0 Å². The maximum atomic E-state index is 13.6. The van der Waals surface area contributed by atoms with Crippen LogP contribution in [0.5, 0.6) is 0 Å². The third-order valence-electron chi connectivity index (χ3n) is 4.42. The van der Waals surface area contributed by atoms with Crippen molar-refractivity contribution < 1.29 is 31.5 Å². The van der Waals surface area contributed by atoms with Crippen molar-refractivity contribution >= 4 is 21.9 Å². The minimum absolute atomic E-state index is 0.0558. The Hall–Kier alpha value is -2.57. The number of hydrogen-bond acceptors (Lipinski definition) is 7. The summed E-state index contributed by atoms with van der Waals surface area (Å²) >= 11 is 0. The lowest BCUT2D eigenvalue weighted by atomic mass is 10.0. The summed E-state index contributed by atoms with van der Waals surface area (Å²) in [7, 11) is -3.65. The van der Waals surface area contributed by atoms with Crippen molar-refractivity contribution in [3.63, 3.8) is 0 Å². The summed E-state index contributed by atoms with van der Waals surface area (Å²) in [6, 6.07) is 1.65. The topological polar surface area (TPSA) is 134 Å². The minimum atomic E-state index is -3.65. The Morgan fingerprint density at radius 1 is 1.22 bits per heavy atom. The lowest BCUT2D eigenvalue weighted by molar-refractivity contribution is 0.0825. The van der Waals surface area contributed by atoms with Crippen molar-refractivity contribution in [1.29, 1.82) is 0 Å². The van der Waals surface area contributed by atoms with Crippen LogP contribution in [0.15, 0.2) is 28.9 Å². The summed E-state index contributed by atoms with van der Waals surface area (Å²) in [5.41, 5.74) is 0.0140. The van der Waals surface area contributed by atoms with Crippen LogP contribution >= 0.6 is 0 Å². The number of oxazole rings is 1. The zero-order valence-corrected chi connectivity index (χ0v) is 18.9. The number of nitrogens with zero attached hydrogens (tertiary/aromatic N) is 1. The first-order valence-corrected chi connectivity index (χ1v) is 11.9. The Kier molecular flexibility index (Phi) is 9.10. The van der Waals surface area contributed by atoms with Crippen LogP contribution in [0.1, 0.15) is 36.3 Å². The predicted octanol–water partition coefficient (Wildman–Crippen LogP) is 1.66. The van der Waals surface area contributed by atoms with Crippen LogP contribution < -0.4 is 15.4 Å². The first kappa shape index (κ1) is 25.7. The normalized spacial score (nSPS) is 13.7. The summed E-state index contributed by atoms with van der Waals surface area (Å²) in [5.74, 6) is -1.84. The predicted molar refractivity (Wildman–Crippen MR) is 115 cm³/mol. The second kappa shape index (κ2) is 11.3. The monoisotopic (exact) mass is 474 g/mol. The third-order valence-corrected chi connectivity index (χ3v) is 4.97. The Morgan fingerprint density at radius 3 is 2.47 bits per heavy atom. The number of nitrogens with one attached hydrogen (secondary N) is 3. The molecule has 0 saturated heterocycles. The molecule has 9 nitrogen and oxygen atoms in total. The number of aliphatic hydroxyl groups excluding tert-OH is 1. The SMILES string of the molecule is CC(C)CCNC[C@@H](O)[C@H](Cc1cc(F)cc(F)c1)NC(=O)c1coc(NS(C)(=O)=O)n1. The van der Waals surface area contributed by atoms with E-state index in [4.69, 9.17) is 4.42 Å². The van der Waals surface area contributed by atoms with Crippen LogP contribution in [-0.4, -0.2) is 55.9 Å². The average Bonchev–Trinajstić information content (AvgIpc) is 3.10. The van der Waals surface area contributed by atoms with E-state index in [9.17, 15) is 27.1 Å². The van der Waals surface area contributed by atoms with E-state index >= 15 is 0 Å². The molecule has 0 aliphatic rings. The maximum Gasteiger partial charge on any atom is 0.309 e. The molecule has 0 unspecified atom stereocenters. The van der Waals surface area contributed by atoms with Gasteiger partial charge in [-0.2, -0.15) is 4.98 Å². The molecule has 32 heavy (non-hydrogen) atoms. The number of anilines is 1. The molecule has 0 radical (unpaired) electrons. The van der Waals surface area contributed by atoms with Gasteiger partial charge in [0.05, 0.1) is 18.4 Å². The number of halogens is 2. The lowest BCUT2D eigenvalue weighted by Gasteiger charge is -2.24. The number of carbonyl (C=O) groups is 1.